The number of nitrogens with zero attached hydrogens (tertiary/aromatic N) is 1. The summed E-state index contributed by atoms with van der Waals surface area (Å²) in [7, 11) is 1.67. The summed E-state index contributed by atoms with van der Waals surface area (Å²) in [6.45, 7) is 5.22. The molecule has 0 bridgehead atoms. The number of ether oxygens (including phenoxy) is 1. The van der Waals surface area contributed by atoms with Gasteiger partial charge in [-0.15, -0.1) is 11.3 Å². The third-order valence-corrected chi connectivity index (χ3v) is 4.77. The van der Waals surface area contributed by atoms with Crippen molar-refractivity contribution in [2.75, 3.05) is 13.7 Å². The predicted molar refractivity (Wildman–Crippen MR) is 83.9 cm³/mol. The molecular formula is C14H17BrN2OS. The molecule has 1 aromatic carbocycles. The fourth-order valence-corrected chi connectivity index (χ4v) is 3.35. The molecule has 0 aliphatic rings. The number of thiazole rings is 1. The quantitative estimate of drug-likeness (QED) is 0.883. The van der Waals surface area contributed by atoms with E-state index in [1.807, 2.05) is 24.4 Å². The number of hydrogen-bond acceptors (Lipinski definition) is 4. The molecule has 2 rings (SSSR count). The van der Waals surface area contributed by atoms with Gasteiger partial charge >= 0.3 is 0 Å². The van der Waals surface area contributed by atoms with Crippen LogP contribution in [0.15, 0.2) is 28.9 Å². The van der Waals surface area contributed by atoms with E-state index >= 15 is 0 Å². The molecule has 1 unspecified atom stereocenters. The van der Waals surface area contributed by atoms with E-state index in [4.69, 9.17) is 4.74 Å². The average molecular weight is 341 g/mol. The summed E-state index contributed by atoms with van der Waals surface area (Å²) in [5, 5.41) is 4.40. The first-order valence-electron chi connectivity index (χ1n) is 6.18. The topological polar surface area (TPSA) is 34.2 Å². The Kier molecular flexibility index (Phi) is 4.96. The summed E-state index contributed by atoms with van der Waals surface area (Å²) in [6, 6.07) is 6.26. The van der Waals surface area contributed by atoms with Gasteiger partial charge < -0.3 is 10.1 Å². The highest BCUT2D eigenvalue weighted by Crippen LogP contribution is 2.35. The summed E-state index contributed by atoms with van der Waals surface area (Å²) < 4.78 is 6.30. The highest BCUT2D eigenvalue weighted by Gasteiger charge is 2.12. The molecule has 0 amide bonds. The Hall–Kier alpha value is -0.910. The standard InChI is InChI=1S/C14H17BrN2OS/c1-4-16-9(2)13-8-17-14(19-13)11-7-10(18-3)5-6-12(11)15/h5-9,16H,4H2,1-3H3. The van der Waals surface area contributed by atoms with E-state index in [-0.39, 0.29) is 0 Å². The van der Waals surface area contributed by atoms with Crippen LogP contribution in [0.4, 0.5) is 0 Å². The lowest BCUT2D eigenvalue weighted by Crippen LogP contribution is -2.16. The molecule has 0 aliphatic carbocycles. The van der Waals surface area contributed by atoms with Crippen LogP contribution in [-0.2, 0) is 0 Å². The Balaban J connectivity index is 2.32. The van der Waals surface area contributed by atoms with Gasteiger partial charge in [0.25, 0.3) is 0 Å². The van der Waals surface area contributed by atoms with Gasteiger partial charge in [0.2, 0.25) is 0 Å². The molecule has 0 fully saturated rings. The number of nitrogens with one attached hydrogen (secondary N) is 1. The number of halogens is 1. The molecule has 102 valence electrons. The van der Waals surface area contributed by atoms with Gasteiger partial charge in [-0.2, -0.15) is 0 Å². The Morgan fingerprint density at radius 2 is 2.26 bits per heavy atom. The van der Waals surface area contributed by atoms with Crippen LogP contribution in [0.1, 0.15) is 24.8 Å². The van der Waals surface area contributed by atoms with Crippen molar-refractivity contribution in [2.24, 2.45) is 0 Å². The average Bonchev–Trinajstić information content (AvgIpc) is 2.89. The summed E-state index contributed by atoms with van der Waals surface area (Å²) in [6.07, 6.45) is 1.94. The number of methoxy groups -OCH3 is 1. The molecule has 0 saturated heterocycles. The molecule has 19 heavy (non-hydrogen) atoms. The van der Waals surface area contributed by atoms with Gasteiger partial charge in [0.05, 0.1) is 7.11 Å². The Morgan fingerprint density at radius 1 is 1.47 bits per heavy atom. The molecule has 1 N–H and O–H groups in total. The van der Waals surface area contributed by atoms with Crippen molar-refractivity contribution in [1.82, 2.24) is 10.3 Å². The van der Waals surface area contributed by atoms with Crippen molar-refractivity contribution in [1.29, 1.82) is 0 Å². The lowest BCUT2D eigenvalue weighted by Gasteiger charge is -2.08. The molecule has 0 radical (unpaired) electrons. The van der Waals surface area contributed by atoms with Gasteiger partial charge in [0.15, 0.2) is 0 Å². The lowest BCUT2D eigenvalue weighted by atomic mass is 10.2. The molecule has 1 aromatic heterocycles. The van der Waals surface area contributed by atoms with Gasteiger partial charge in [-0.3, -0.25) is 0 Å². The van der Waals surface area contributed by atoms with Crippen LogP contribution < -0.4 is 10.1 Å². The maximum Gasteiger partial charge on any atom is 0.124 e. The molecule has 0 spiro atoms. The third-order valence-electron chi connectivity index (χ3n) is 2.86. The van der Waals surface area contributed by atoms with Crippen molar-refractivity contribution in [3.8, 4) is 16.3 Å². The van der Waals surface area contributed by atoms with Crippen LogP contribution >= 0.6 is 27.3 Å². The van der Waals surface area contributed by atoms with E-state index in [1.165, 1.54) is 4.88 Å². The summed E-state index contributed by atoms with van der Waals surface area (Å²) in [5.41, 5.74) is 1.07. The van der Waals surface area contributed by atoms with E-state index < -0.39 is 0 Å². The van der Waals surface area contributed by atoms with E-state index in [0.29, 0.717) is 6.04 Å². The first-order valence-corrected chi connectivity index (χ1v) is 7.79. The summed E-state index contributed by atoms with van der Waals surface area (Å²) in [5.74, 6) is 0.842. The SMILES string of the molecule is CCNC(C)c1cnc(-c2cc(OC)ccc2Br)s1. The first-order chi connectivity index (χ1) is 9.15. The largest absolute Gasteiger partial charge is 0.497 e. The van der Waals surface area contributed by atoms with Crippen LogP contribution in [0.5, 0.6) is 5.75 Å². The van der Waals surface area contributed by atoms with Crippen LogP contribution in [0.25, 0.3) is 10.6 Å². The van der Waals surface area contributed by atoms with Crippen molar-refractivity contribution >= 4 is 27.3 Å². The molecule has 0 aliphatic heterocycles. The van der Waals surface area contributed by atoms with E-state index in [2.05, 4.69) is 40.1 Å². The zero-order valence-corrected chi connectivity index (χ0v) is 13.6. The monoisotopic (exact) mass is 340 g/mol. The molecule has 5 heteroatoms. The summed E-state index contributed by atoms with van der Waals surface area (Å²) >= 11 is 5.28. The normalized spacial score (nSPS) is 12.4. The lowest BCUT2D eigenvalue weighted by molar-refractivity contribution is 0.415. The van der Waals surface area contributed by atoms with Gasteiger partial charge in [0, 0.05) is 27.2 Å². The smallest absolute Gasteiger partial charge is 0.124 e. The molecule has 0 saturated carbocycles. The van der Waals surface area contributed by atoms with Gasteiger partial charge in [-0.1, -0.05) is 22.9 Å². The molecular weight excluding hydrogens is 324 g/mol. The van der Waals surface area contributed by atoms with E-state index in [9.17, 15) is 0 Å². The molecule has 1 heterocycles. The fourth-order valence-electron chi connectivity index (χ4n) is 1.81. The maximum absolute atomic E-state index is 5.27. The van der Waals surface area contributed by atoms with Gasteiger partial charge in [-0.25, -0.2) is 4.98 Å². The summed E-state index contributed by atoms with van der Waals surface area (Å²) in [4.78, 5) is 5.76. The van der Waals surface area contributed by atoms with Crippen LogP contribution in [-0.4, -0.2) is 18.6 Å². The molecule has 2 aromatic rings. The second-order valence-electron chi connectivity index (χ2n) is 4.19. The predicted octanol–water partition coefficient (Wildman–Crippen LogP) is 4.25. The second-order valence-corrected chi connectivity index (χ2v) is 6.11. The zero-order valence-electron chi connectivity index (χ0n) is 11.2. The zero-order chi connectivity index (χ0) is 13.8. The van der Waals surface area contributed by atoms with Crippen LogP contribution in [0, 0.1) is 0 Å². The van der Waals surface area contributed by atoms with Crippen molar-refractivity contribution in [3.63, 3.8) is 0 Å². The van der Waals surface area contributed by atoms with Crippen LogP contribution in [0.2, 0.25) is 0 Å². The highest BCUT2D eigenvalue weighted by molar-refractivity contribution is 9.10. The highest BCUT2D eigenvalue weighted by atomic mass is 79.9. The Bertz CT molecular complexity index is 556. The van der Waals surface area contributed by atoms with E-state index in [1.54, 1.807) is 18.4 Å². The number of aromatic nitrogens is 1. The fraction of sp³-hybridized carbons (Fsp3) is 0.357. The number of hydrogen-bond donors (Lipinski definition) is 1. The van der Waals surface area contributed by atoms with Gasteiger partial charge in [-0.05, 0) is 31.7 Å². The van der Waals surface area contributed by atoms with Crippen molar-refractivity contribution in [3.05, 3.63) is 33.7 Å². The number of benzene rings is 1. The van der Waals surface area contributed by atoms with E-state index in [0.717, 1.165) is 27.3 Å². The van der Waals surface area contributed by atoms with Crippen LogP contribution in [0.3, 0.4) is 0 Å². The molecule has 3 nitrogen and oxygen atoms in total. The van der Waals surface area contributed by atoms with Gasteiger partial charge in [0.1, 0.15) is 10.8 Å². The minimum Gasteiger partial charge on any atom is -0.497 e. The van der Waals surface area contributed by atoms with Crippen molar-refractivity contribution < 1.29 is 4.74 Å². The minimum absolute atomic E-state index is 0.334. The minimum atomic E-state index is 0.334. The molecule has 1 atom stereocenters. The Labute approximate surface area is 126 Å². The first kappa shape index (κ1) is 14.5. The maximum atomic E-state index is 5.27. The number of rotatable bonds is 5. The van der Waals surface area contributed by atoms with Crippen molar-refractivity contribution in [2.45, 2.75) is 19.9 Å². The third kappa shape index (κ3) is 3.35. The second kappa shape index (κ2) is 6.50. The Morgan fingerprint density at radius 3 is 2.95 bits per heavy atom.